The summed E-state index contributed by atoms with van der Waals surface area (Å²) >= 11 is 0. The summed E-state index contributed by atoms with van der Waals surface area (Å²) in [6.45, 7) is -1.71. The van der Waals surface area contributed by atoms with Crippen LogP contribution in [0.25, 0.3) is 0 Å². The first-order valence-corrected chi connectivity index (χ1v) is 3.79. The van der Waals surface area contributed by atoms with Gasteiger partial charge in [-0.25, -0.2) is 9.37 Å². The first-order chi connectivity index (χ1) is 7.29. The maximum atomic E-state index is 12.9. The van der Waals surface area contributed by atoms with E-state index in [4.69, 9.17) is 0 Å². The van der Waals surface area contributed by atoms with Gasteiger partial charge in [0.1, 0.15) is 6.20 Å². The number of halogens is 4. The normalized spacial score (nSPS) is 11.2. The summed E-state index contributed by atoms with van der Waals surface area (Å²) in [7, 11) is 0. The highest BCUT2D eigenvalue weighted by Crippen LogP contribution is 2.21. The Morgan fingerprint density at radius 2 is 2.12 bits per heavy atom. The van der Waals surface area contributed by atoms with E-state index in [-0.39, 0.29) is 0 Å². The van der Waals surface area contributed by atoms with Gasteiger partial charge in [0.05, 0.1) is 11.0 Å². The van der Waals surface area contributed by atoms with E-state index >= 15 is 0 Å². The van der Waals surface area contributed by atoms with Crippen molar-refractivity contribution in [3.63, 3.8) is 0 Å². The molecule has 0 atom stereocenters. The van der Waals surface area contributed by atoms with Crippen LogP contribution in [0.2, 0.25) is 0 Å². The Morgan fingerprint density at radius 3 is 2.56 bits per heavy atom. The van der Waals surface area contributed by atoms with Crippen LogP contribution in [0.1, 0.15) is 0 Å². The van der Waals surface area contributed by atoms with Gasteiger partial charge in [-0.05, 0) is 0 Å². The molecule has 0 aliphatic heterocycles. The van der Waals surface area contributed by atoms with Crippen LogP contribution in [0, 0.1) is 15.9 Å². The number of aromatic nitrogens is 1. The Kier molecular flexibility index (Phi) is 3.25. The molecule has 0 spiro atoms. The highest BCUT2D eigenvalue weighted by molar-refractivity contribution is 5.30. The zero-order chi connectivity index (χ0) is 12.3. The first kappa shape index (κ1) is 12.1. The fourth-order valence-electron chi connectivity index (χ4n) is 0.772. The Balaban J connectivity index is 2.80. The summed E-state index contributed by atoms with van der Waals surface area (Å²) < 4.78 is 52.0. The summed E-state index contributed by atoms with van der Waals surface area (Å²) in [6.07, 6.45) is -4.02. The fourth-order valence-corrected chi connectivity index (χ4v) is 0.772. The summed E-state index contributed by atoms with van der Waals surface area (Å²) in [6, 6.07) is 0.429. The van der Waals surface area contributed by atoms with Gasteiger partial charge in [-0.15, -0.1) is 0 Å². The zero-order valence-corrected chi connectivity index (χ0v) is 7.49. The number of ether oxygens (including phenoxy) is 1. The average Bonchev–Trinajstić information content (AvgIpc) is 2.14. The molecular weight excluding hydrogens is 236 g/mol. The van der Waals surface area contributed by atoms with E-state index < -0.39 is 35.1 Å². The highest BCUT2D eigenvalue weighted by Gasteiger charge is 2.29. The second-order valence-electron chi connectivity index (χ2n) is 2.64. The van der Waals surface area contributed by atoms with Crippen molar-refractivity contribution in [2.24, 2.45) is 0 Å². The number of hydrogen-bond acceptors (Lipinski definition) is 4. The van der Waals surface area contributed by atoms with Crippen LogP contribution >= 0.6 is 0 Å². The molecule has 0 saturated heterocycles. The smallest absolute Gasteiger partial charge is 0.422 e. The SMILES string of the molecule is O=[N+]([O-])c1cnc(OCC(F)(F)F)c(F)c1. The predicted molar refractivity (Wildman–Crippen MR) is 42.4 cm³/mol. The Hall–Kier alpha value is -1.93. The maximum Gasteiger partial charge on any atom is 0.422 e. The number of pyridine rings is 1. The molecule has 0 unspecified atom stereocenters. The standard InChI is InChI=1S/C7H4F4N2O3/c8-5-1-4(13(14)15)2-12-6(5)16-3-7(9,10)11/h1-2H,3H2. The summed E-state index contributed by atoms with van der Waals surface area (Å²) in [5, 5.41) is 10.2. The molecule has 0 bridgehead atoms. The van der Waals surface area contributed by atoms with Crippen molar-refractivity contribution in [3.8, 4) is 5.88 Å². The van der Waals surface area contributed by atoms with E-state index in [9.17, 15) is 27.7 Å². The summed E-state index contributed by atoms with van der Waals surface area (Å²) in [4.78, 5) is 12.3. The zero-order valence-electron chi connectivity index (χ0n) is 7.49. The van der Waals surface area contributed by atoms with Gasteiger partial charge in [0, 0.05) is 0 Å². The topological polar surface area (TPSA) is 65.3 Å². The van der Waals surface area contributed by atoms with E-state index in [2.05, 4.69) is 9.72 Å². The second kappa shape index (κ2) is 4.29. The lowest BCUT2D eigenvalue weighted by molar-refractivity contribution is -0.385. The molecule has 0 N–H and O–H groups in total. The molecule has 0 amide bonds. The van der Waals surface area contributed by atoms with E-state index in [1.54, 1.807) is 0 Å². The third kappa shape index (κ3) is 3.33. The monoisotopic (exact) mass is 240 g/mol. The van der Waals surface area contributed by atoms with Gasteiger partial charge in [-0.1, -0.05) is 0 Å². The second-order valence-corrected chi connectivity index (χ2v) is 2.64. The first-order valence-electron chi connectivity index (χ1n) is 3.79. The molecule has 0 saturated carbocycles. The summed E-state index contributed by atoms with van der Waals surface area (Å²) in [5.74, 6) is -2.25. The fraction of sp³-hybridized carbons (Fsp3) is 0.286. The van der Waals surface area contributed by atoms with Gasteiger partial charge in [-0.2, -0.15) is 13.2 Å². The minimum absolute atomic E-state index is 0.429. The molecule has 0 radical (unpaired) electrons. The largest absolute Gasteiger partial charge is 0.466 e. The van der Waals surface area contributed by atoms with Gasteiger partial charge >= 0.3 is 6.18 Å². The van der Waals surface area contributed by atoms with E-state index in [1.807, 2.05) is 0 Å². The van der Waals surface area contributed by atoms with Crippen molar-refractivity contribution in [2.45, 2.75) is 6.18 Å². The van der Waals surface area contributed by atoms with Crippen LogP contribution in [0.4, 0.5) is 23.2 Å². The molecule has 16 heavy (non-hydrogen) atoms. The molecule has 0 fully saturated rings. The van der Waals surface area contributed by atoms with Crippen molar-refractivity contribution in [1.82, 2.24) is 4.98 Å². The van der Waals surface area contributed by atoms with Gasteiger partial charge in [0.15, 0.2) is 12.4 Å². The van der Waals surface area contributed by atoms with Gasteiger partial charge < -0.3 is 4.74 Å². The lowest BCUT2D eigenvalue weighted by Crippen LogP contribution is -2.20. The molecule has 5 nitrogen and oxygen atoms in total. The van der Waals surface area contributed by atoms with Crippen LogP contribution in [-0.4, -0.2) is 22.7 Å². The van der Waals surface area contributed by atoms with Crippen molar-refractivity contribution < 1.29 is 27.2 Å². The molecule has 1 rings (SSSR count). The number of alkyl halides is 3. The molecule has 9 heteroatoms. The average molecular weight is 240 g/mol. The van der Waals surface area contributed by atoms with E-state index in [0.29, 0.717) is 12.3 Å². The molecular formula is C7H4F4N2O3. The molecule has 1 heterocycles. The third-order valence-electron chi connectivity index (χ3n) is 1.38. The van der Waals surface area contributed by atoms with Gasteiger partial charge in [0.25, 0.3) is 11.6 Å². The maximum absolute atomic E-state index is 12.9. The van der Waals surface area contributed by atoms with Gasteiger partial charge in [0.2, 0.25) is 0 Å². The molecule has 1 aromatic rings. The Morgan fingerprint density at radius 1 is 1.50 bits per heavy atom. The number of nitro groups is 1. The Bertz CT molecular complexity index is 407. The lowest BCUT2D eigenvalue weighted by Gasteiger charge is -2.08. The van der Waals surface area contributed by atoms with Gasteiger partial charge in [-0.3, -0.25) is 10.1 Å². The predicted octanol–water partition coefficient (Wildman–Crippen LogP) is 2.07. The van der Waals surface area contributed by atoms with E-state index in [0.717, 1.165) is 0 Å². The molecule has 0 aliphatic rings. The Labute approximate surface area is 85.8 Å². The van der Waals surface area contributed by atoms with Crippen LogP contribution in [0.5, 0.6) is 5.88 Å². The van der Waals surface area contributed by atoms with Crippen LogP contribution in [0.3, 0.4) is 0 Å². The molecule has 0 aliphatic carbocycles. The molecule has 0 aromatic carbocycles. The van der Waals surface area contributed by atoms with Crippen LogP contribution in [0.15, 0.2) is 12.3 Å². The molecule has 1 aromatic heterocycles. The number of hydrogen-bond donors (Lipinski definition) is 0. The number of nitrogens with zero attached hydrogens (tertiary/aromatic N) is 2. The van der Waals surface area contributed by atoms with Crippen molar-refractivity contribution in [3.05, 3.63) is 28.2 Å². The number of rotatable bonds is 3. The summed E-state index contributed by atoms with van der Waals surface area (Å²) in [5.41, 5.74) is -0.670. The lowest BCUT2D eigenvalue weighted by atomic mass is 10.4. The quantitative estimate of drug-likeness (QED) is 0.460. The third-order valence-corrected chi connectivity index (χ3v) is 1.38. The van der Waals surface area contributed by atoms with Crippen LogP contribution in [-0.2, 0) is 0 Å². The van der Waals surface area contributed by atoms with Crippen molar-refractivity contribution in [1.29, 1.82) is 0 Å². The minimum atomic E-state index is -4.63. The highest BCUT2D eigenvalue weighted by atomic mass is 19.4. The van der Waals surface area contributed by atoms with Crippen LogP contribution < -0.4 is 4.74 Å². The van der Waals surface area contributed by atoms with Crippen molar-refractivity contribution >= 4 is 5.69 Å². The van der Waals surface area contributed by atoms with E-state index in [1.165, 1.54) is 0 Å². The molecule has 88 valence electrons. The van der Waals surface area contributed by atoms with Crippen molar-refractivity contribution in [2.75, 3.05) is 6.61 Å². The minimum Gasteiger partial charge on any atom is -0.466 e.